The first kappa shape index (κ1) is 11.3. The van der Waals surface area contributed by atoms with Gasteiger partial charge in [0.25, 0.3) is 5.91 Å². The fraction of sp³-hybridized carbons (Fsp3) is 0.300. The van der Waals surface area contributed by atoms with Gasteiger partial charge >= 0.3 is 0 Å². The minimum absolute atomic E-state index is 0.139. The second kappa shape index (κ2) is 4.65. The fourth-order valence-corrected chi connectivity index (χ4v) is 1.08. The highest BCUT2D eigenvalue weighted by atomic mass is 16.3. The van der Waals surface area contributed by atoms with Gasteiger partial charge in [-0.1, -0.05) is 0 Å². The summed E-state index contributed by atoms with van der Waals surface area (Å²) >= 11 is 0. The minimum Gasteiger partial charge on any atom is -0.508 e. The van der Waals surface area contributed by atoms with E-state index < -0.39 is 0 Å². The van der Waals surface area contributed by atoms with Gasteiger partial charge < -0.3 is 21.3 Å². The zero-order valence-corrected chi connectivity index (χ0v) is 8.40. The van der Waals surface area contributed by atoms with E-state index in [1.807, 2.05) is 0 Å². The standard InChI is InChI=1S/C10H14N2O3/c1-6(11)5-12-10(15)7-2-8(13)4-9(14)3-7/h2-4,6,13-14H,5,11H2,1H3,(H,12,15). The van der Waals surface area contributed by atoms with Gasteiger partial charge in [0, 0.05) is 24.2 Å². The van der Waals surface area contributed by atoms with E-state index in [1.54, 1.807) is 6.92 Å². The van der Waals surface area contributed by atoms with E-state index in [4.69, 9.17) is 15.9 Å². The van der Waals surface area contributed by atoms with Crippen molar-refractivity contribution >= 4 is 5.91 Å². The van der Waals surface area contributed by atoms with E-state index in [0.29, 0.717) is 6.54 Å². The van der Waals surface area contributed by atoms with Gasteiger partial charge in [0.15, 0.2) is 0 Å². The molecule has 0 aliphatic rings. The zero-order chi connectivity index (χ0) is 11.4. The molecule has 0 aromatic heterocycles. The summed E-state index contributed by atoms with van der Waals surface area (Å²) in [5, 5.41) is 20.9. The molecule has 5 N–H and O–H groups in total. The lowest BCUT2D eigenvalue weighted by atomic mass is 10.2. The third kappa shape index (κ3) is 3.47. The molecule has 1 rings (SSSR count). The minimum atomic E-state index is -0.376. The van der Waals surface area contributed by atoms with Crippen molar-refractivity contribution in [3.8, 4) is 11.5 Å². The molecule has 82 valence electrons. The highest BCUT2D eigenvalue weighted by Gasteiger charge is 2.08. The number of rotatable bonds is 3. The van der Waals surface area contributed by atoms with Crippen molar-refractivity contribution < 1.29 is 15.0 Å². The third-order valence-corrected chi connectivity index (χ3v) is 1.75. The van der Waals surface area contributed by atoms with E-state index in [2.05, 4.69) is 5.32 Å². The number of carbonyl (C=O) groups is 1. The van der Waals surface area contributed by atoms with E-state index in [0.717, 1.165) is 6.07 Å². The summed E-state index contributed by atoms with van der Waals surface area (Å²) in [6, 6.07) is 3.56. The molecule has 0 radical (unpaired) electrons. The second-order valence-corrected chi connectivity index (χ2v) is 3.43. The molecule has 0 spiro atoms. The van der Waals surface area contributed by atoms with Crippen molar-refractivity contribution in [3.63, 3.8) is 0 Å². The molecule has 0 bridgehead atoms. The van der Waals surface area contributed by atoms with Crippen LogP contribution in [0.15, 0.2) is 18.2 Å². The van der Waals surface area contributed by atoms with Crippen LogP contribution in [0.4, 0.5) is 0 Å². The van der Waals surface area contributed by atoms with Crippen molar-refractivity contribution in [3.05, 3.63) is 23.8 Å². The first-order chi connectivity index (χ1) is 6.99. The maximum absolute atomic E-state index is 11.5. The SMILES string of the molecule is CC(N)CNC(=O)c1cc(O)cc(O)c1. The van der Waals surface area contributed by atoms with Crippen LogP contribution in [0.3, 0.4) is 0 Å². The summed E-state index contributed by atoms with van der Waals surface area (Å²) in [5.74, 6) is -0.680. The van der Waals surface area contributed by atoms with Crippen LogP contribution in [0, 0.1) is 0 Å². The molecule has 5 heteroatoms. The van der Waals surface area contributed by atoms with Gasteiger partial charge in [0.1, 0.15) is 11.5 Å². The number of hydrogen-bond donors (Lipinski definition) is 4. The van der Waals surface area contributed by atoms with Crippen LogP contribution in [-0.4, -0.2) is 28.7 Å². The van der Waals surface area contributed by atoms with E-state index >= 15 is 0 Å². The van der Waals surface area contributed by atoms with Crippen molar-refractivity contribution in [2.45, 2.75) is 13.0 Å². The summed E-state index contributed by atoms with van der Waals surface area (Å²) in [5.41, 5.74) is 5.67. The van der Waals surface area contributed by atoms with Crippen LogP contribution in [0.2, 0.25) is 0 Å². The van der Waals surface area contributed by atoms with Crippen molar-refractivity contribution in [2.75, 3.05) is 6.54 Å². The van der Waals surface area contributed by atoms with E-state index in [-0.39, 0.29) is 29.0 Å². The molecule has 0 saturated heterocycles. The molecular weight excluding hydrogens is 196 g/mol. The van der Waals surface area contributed by atoms with Crippen LogP contribution < -0.4 is 11.1 Å². The molecule has 15 heavy (non-hydrogen) atoms. The predicted molar refractivity (Wildman–Crippen MR) is 55.8 cm³/mol. The number of nitrogens with one attached hydrogen (secondary N) is 1. The molecule has 1 aromatic carbocycles. The Kier molecular flexibility index (Phi) is 3.51. The maximum Gasteiger partial charge on any atom is 0.251 e. The first-order valence-electron chi connectivity index (χ1n) is 4.56. The van der Waals surface area contributed by atoms with Gasteiger partial charge in [-0.05, 0) is 19.1 Å². The largest absolute Gasteiger partial charge is 0.508 e. The molecule has 0 aliphatic heterocycles. The van der Waals surface area contributed by atoms with Gasteiger partial charge in [-0.2, -0.15) is 0 Å². The summed E-state index contributed by atoms with van der Waals surface area (Å²) in [6.45, 7) is 2.11. The highest BCUT2D eigenvalue weighted by molar-refractivity contribution is 5.95. The second-order valence-electron chi connectivity index (χ2n) is 3.43. The average Bonchev–Trinajstić information content (AvgIpc) is 2.12. The number of phenolic OH excluding ortho intramolecular Hbond substituents is 2. The monoisotopic (exact) mass is 210 g/mol. The normalized spacial score (nSPS) is 12.1. The zero-order valence-electron chi connectivity index (χ0n) is 8.40. The third-order valence-electron chi connectivity index (χ3n) is 1.75. The molecule has 0 saturated carbocycles. The average molecular weight is 210 g/mol. The Bertz CT molecular complexity index is 343. The van der Waals surface area contributed by atoms with Crippen molar-refractivity contribution in [1.82, 2.24) is 5.32 Å². The molecule has 0 heterocycles. The van der Waals surface area contributed by atoms with Crippen LogP contribution in [0.5, 0.6) is 11.5 Å². The van der Waals surface area contributed by atoms with Gasteiger partial charge in [-0.15, -0.1) is 0 Å². The van der Waals surface area contributed by atoms with Gasteiger partial charge in [0.05, 0.1) is 0 Å². The Labute approximate surface area is 87.5 Å². The molecule has 1 unspecified atom stereocenters. The molecule has 1 amide bonds. The van der Waals surface area contributed by atoms with Gasteiger partial charge in [0.2, 0.25) is 0 Å². The topological polar surface area (TPSA) is 95.6 Å². The summed E-state index contributed by atoms with van der Waals surface area (Å²) in [7, 11) is 0. The predicted octanol–water partition coefficient (Wildman–Crippen LogP) is 0.175. The van der Waals surface area contributed by atoms with Crippen LogP contribution in [0.25, 0.3) is 0 Å². The molecule has 5 nitrogen and oxygen atoms in total. The number of phenols is 2. The molecular formula is C10H14N2O3. The molecule has 0 aliphatic carbocycles. The number of nitrogens with two attached hydrogens (primary N) is 1. The molecule has 0 fully saturated rings. The Morgan fingerprint density at radius 3 is 2.40 bits per heavy atom. The number of aromatic hydroxyl groups is 2. The Hall–Kier alpha value is -1.75. The summed E-state index contributed by atoms with van der Waals surface area (Å²) < 4.78 is 0. The van der Waals surface area contributed by atoms with Crippen LogP contribution >= 0.6 is 0 Å². The fourth-order valence-electron chi connectivity index (χ4n) is 1.08. The lowest BCUT2D eigenvalue weighted by Gasteiger charge is -2.08. The Balaban J connectivity index is 2.73. The lowest BCUT2D eigenvalue weighted by Crippen LogP contribution is -2.35. The number of carbonyl (C=O) groups excluding carboxylic acids is 1. The van der Waals surface area contributed by atoms with Crippen LogP contribution in [-0.2, 0) is 0 Å². The van der Waals surface area contributed by atoms with Crippen molar-refractivity contribution in [2.24, 2.45) is 5.73 Å². The molecule has 1 atom stereocenters. The number of benzene rings is 1. The summed E-state index contributed by atoms with van der Waals surface area (Å²) in [6.07, 6.45) is 0. The lowest BCUT2D eigenvalue weighted by molar-refractivity contribution is 0.0951. The Morgan fingerprint density at radius 2 is 1.93 bits per heavy atom. The number of amides is 1. The van der Waals surface area contributed by atoms with Crippen LogP contribution in [0.1, 0.15) is 17.3 Å². The first-order valence-corrected chi connectivity index (χ1v) is 4.56. The maximum atomic E-state index is 11.5. The van der Waals surface area contributed by atoms with Gasteiger partial charge in [-0.25, -0.2) is 0 Å². The van der Waals surface area contributed by atoms with E-state index in [9.17, 15) is 4.79 Å². The Morgan fingerprint density at radius 1 is 1.40 bits per heavy atom. The summed E-state index contributed by atoms with van der Waals surface area (Å²) in [4.78, 5) is 11.5. The quantitative estimate of drug-likeness (QED) is 0.572. The van der Waals surface area contributed by atoms with Crippen molar-refractivity contribution in [1.29, 1.82) is 0 Å². The number of hydrogen-bond acceptors (Lipinski definition) is 4. The smallest absolute Gasteiger partial charge is 0.251 e. The van der Waals surface area contributed by atoms with E-state index in [1.165, 1.54) is 12.1 Å². The van der Waals surface area contributed by atoms with Gasteiger partial charge in [-0.3, -0.25) is 4.79 Å². The highest BCUT2D eigenvalue weighted by Crippen LogP contribution is 2.20. The molecule has 1 aromatic rings.